The standard InChI is InChI=1S/C16H23ClN2O/c1-11(17)15-18-14-12(7-6-8-13(14)20-5)19(15)10-9-16(2,3)4/h6-8,11H,9-10H2,1-5H3. The van der Waals surface area contributed by atoms with Crippen molar-refractivity contribution in [3.8, 4) is 5.75 Å². The molecular weight excluding hydrogens is 272 g/mol. The highest BCUT2D eigenvalue weighted by molar-refractivity contribution is 6.20. The van der Waals surface area contributed by atoms with Crippen LogP contribution in [-0.2, 0) is 6.54 Å². The van der Waals surface area contributed by atoms with Crippen molar-refractivity contribution in [2.45, 2.75) is 46.0 Å². The Balaban J connectivity index is 2.52. The molecule has 1 unspecified atom stereocenters. The van der Waals surface area contributed by atoms with E-state index in [1.54, 1.807) is 7.11 Å². The summed E-state index contributed by atoms with van der Waals surface area (Å²) in [5.41, 5.74) is 2.27. The van der Waals surface area contributed by atoms with E-state index < -0.39 is 0 Å². The highest BCUT2D eigenvalue weighted by atomic mass is 35.5. The summed E-state index contributed by atoms with van der Waals surface area (Å²) in [6, 6.07) is 6.02. The summed E-state index contributed by atoms with van der Waals surface area (Å²) in [5, 5.41) is -0.118. The van der Waals surface area contributed by atoms with Crippen LogP contribution in [0.1, 0.15) is 45.3 Å². The van der Waals surface area contributed by atoms with Gasteiger partial charge in [0, 0.05) is 6.54 Å². The highest BCUT2D eigenvalue weighted by Crippen LogP contribution is 2.31. The van der Waals surface area contributed by atoms with Gasteiger partial charge in [-0.05, 0) is 30.9 Å². The molecule has 0 aliphatic carbocycles. The molecule has 20 heavy (non-hydrogen) atoms. The van der Waals surface area contributed by atoms with Crippen molar-refractivity contribution >= 4 is 22.6 Å². The summed E-state index contributed by atoms with van der Waals surface area (Å²) in [6.07, 6.45) is 1.08. The van der Waals surface area contributed by atoms with E-state index in [9.17, 15) is 0 Å². The first kappa shape index (κ1) is 15.2. The minimum atomic E-state index is -0.118. The van der Waals surface area contributed by atoms with Crippen molar-refractivity contribution in [1.82, 2.24) is 9.55 Å². The third kappa shape index (κ3) is 3.09. The fraction of sp³-hybridized carbons (Fsp3) is 0.562. The average molecular weight is 295 g/mol. The SMILES string of the molecule is COc1cccc2c1nc(C(C)Cl)n2CCC(C)(C)C. The van der Waals surface area contributed by atoms with Gasteiger partial charge in [-0.3, -0.25) is 0 Å². The zero-order valence-corrected chi connectivity index (χ0v) is 13.7. The molecule has 0 radical (unpaired) electrons. The molecule has 0 amide bonds. The van der Waals surface area contributed by atoms with Gasteiger partial charge in [0.1, 0.15) is 17.1 Å². The molecule has 0 saturated heterocycles. The van der Waals surface area contributed by atoms with E-state index in [0.29, 0.717) is 0 Å². The zero-order chi connectivity index (χ0) is 14.9. The van der Waals surface area contributed by atoms with Crippen molar-refractivity contribution in [2.75, 3.05) is 7.11 Å². The van der Waals surface area contributed by atoms with Crippen LogP contribution in [0.3, 0.4) is 0 Å². The number of nitrogens with zero attached hydrogens (tertiary/aromatic N) is 2. The number of halogens is 1. The summed E-state index contributed by atoms with van der Waals surface area (Å²) >= 11 is 6.30. The van der Waals surface area contributed by atoms with Crippen LogP contribution < -0.4 is 4.74 Å². The Labute approximate surface area is 125 Å². The number of hydrogen-bond acceptors (Lipinski definition) is 2. The molecule has 4 heteroatoms. The highest BCUT2D eigenvalue weighted by Gasteiger charge is 2.19. The van der Waals surface area contributed by atoms with Crippen molar-refractivity contribution in [3.63, 3.8) is 0 Å². The summed E-state index contributed by atoms with van der Waals surface area (Å²) in [5.74, 6) is 1.71. The Morgan fingerprint density at radius 3 is 2.60 bits per heavy atom. The predicted molar refractivity (Wildman–Crippen MR) is 84.6 cm³/mol. The molecule has 0 aliphatic heterocycles. The van der Waals surface area contributed by atoms with E-state index in [-0.39, 0.29) is 10.8 Å². The minimum Gasteiger partial charge on any atom is -0.494 e. The Morgan fingerprint density at radius 1 is 1.35 bits per heavy atom. The number of alkyl halides is 1. The van der Waals surface area contributed by atoms with Gasteiger partial charge in [-0.2, -0.15) is 0 Å². The fourth-order valence-corrected chi connectivity index (χ4v) is 2.46. The van der Waals surface area contributed by atoms with Gasteiger partial charge in [-0.1, -0.05) is 26.8 Å². The van der Waals surface area contributed by atoms with Gasteiger partial charge < -0.3 is 9.30 Å². The third-order valence-electron chi connectivity index (χ3n) is 3.43. The monoisotopic (exact) mass is 294 g/mol. The number of hydrogen-bond donors (Lipinski definition) is 0. The molecule has 1 atom stereocenters. The Hall–Kier alpha value is -1.22. The molecule has 0 spiro atoms. The van der Waals surface area contributed by atoms with E-state index in [1.165, 1.54) is 0 Å². The van der Waals surface area contributed by atoms with Crippen LogP contribution in [0.5, 0.6) is 5.75 Å². The number of rotatable bonds is 4. The number of benzene rings is 1. The van der Waals surface area contributed by atoms with Crippen LogP contribution in [-0.4, -0.2) is 16.7 Å². The van der Waals surface area contributed by atoms with E-state index >= 15 is 0 Å². The van der Waals surface area contributed by atoms with Gasteiger partial charge in [0.05, 0.1) is 18.0 Å². The summed E-state index contributed by atoms with van der Waals surface area (Å²) < 4.78 is 7.63. The van der Waals surface area contributed by atoms with Crippen LogP contribution in [0, 0.1) is 5.41 Å². The summed E-state index contributed by atoms with van der Waals surface area (Å²) in [6.45, 7) is 9.62. The van der Waals surface area contributed by atoms with E-state index in [4.69, 9.17) is 16.3 Å². The largest absolute Gasteiger partial charge is 0.494 e. The van der Waals surface area contributed by atoms with Gasteiger partial charge in [-0.25, -0.2) is 4.98 Å². The molecule has 1 aromatic heterocycles. The smallest absolute Gasteiger partial charge is 0.146 e. The van der Waals surface area contributed by atoms with Gasteiger partial charge in [0.2, 0.25) is 0 Å². The zero-order valence-electron chi connectivity index (χ0n) is 12.9. The van der Waals surface area contributed by atoms with Crippen LogP contribution in [0.15, 0.2) is 18.2 Å². The number of fused-ring (bicyclic) bond motifs is 1. The van der Waals surface area contributed by atoms with Crippen molar-refractivity contribution in [3.05, 3.63) is 24.0 Å². The Kier molecular flexibility index (Phi) is 4.28. The van der Waals surface area contributed by atoms with Gasteiger partial charge in [0.15, 0.2) is 0 Å². The minimum absolute atomic E-state index is 0.118. The molecule has 1 heterocycles. The lowest BCUT2D eigenvalue weighted by atomic mass is 9.92. The topological polar surface area (TPSA) is 27.1 Å². The van der Waals surface area contributed by atoms with Crippen LogP contribution in [0.25, 0.3) is 11.0 Å². The van der Waals surface area contributed by atoms with Crippen molar-refractivity contribution in [1.29, 1.82) is 0 Å². The normalized spacial score (nSPS) is 13.7. The Bertz CT molecular complexity index is 596. The quantitative estimate of drug-likeness (QED) is 0.759. The van der Waals surface area contributed by atoms with Crippen molar-refractivity contribution in [2.24, 2.45) is 5.41 Å². The van der Waals surface area contributed by atoms with Crippen LogP contribution >= 0.6 is 11.6 Å². The maximum atomic E-state index is 6.30. The lowest BCUT2D eigenvalue weighted by Gasteiger charge is -2.20. The van der Waals surface area contributed by atoms with Gasteiger partial charge >= 0.3 is 0 Å². The Morgan fingerprint density at radius 2 is 2.05 bits per heavy atom. The molecule has 110 valence electrons. The second kappa shape index (κ2) is 5.65. The lowest BCUT2D eigenvalue weighted by molar-refractivity contribution is 0.350. The second-order valence-electron chi connectivity index (χ2n) is 6.38. The first-order valence-electron chi connectivity index (χ1n) is 7.00. The molecule has 0 bridgehead atoms. The van der Waals surface area contributed by atoms with Crippen molar-refractivity contribution < 1.29 is 4.74 Å². The summed E-state index contributed by atoms with van der Waals surface area (Å²) in [7, 11) is 1.67. The molecule has 1 aromatic carbocycles. The van der Waals surface area contributed by atoms with Crippen LogP contribution in [0.4, 0.5) is 0 Å². The average Bonchev–Trinajstić information content (AvgIpc) is 2.74. The third-order valence-corrected chi connectivity index (χ3v) is 3.63. The first-order chi connectivity index (χ1) is 9.33. The predicted octanol–water partition coefficient (Wildman–Crippen LogP) is 4.78. The van der Waals surface area contributed by atoms with E-state index in [1.807, 2.05) is 19.1 Å². The molecule has 3 nitrogen and oxygen atoms in total. The van der Waals surface area contributed by atoms with Gasteiger partial charge in [-0.15, -0.1) is 11.6 Å². The number of aromatic nitrogens is 2. The van der Waals surface area contributed by atoms with E-state index in [2.05, 4.69) is 36.4 Å². The van der Waals surface area contributed by atoms with Crippen LogP contribution in [0.2, 0.25) is 0 Å². The number of ether oxygens (including phenoxy) is 1. The van der Waals surface area contributed by atoms with Gasteiger partial charge in [0.25, 0.3) is 0 Å². The number of methoxy groups -OCH3 is 1. The molecule has 0 saturated carbocycles. The molecule has 0 aliphatic rings. The second-order valence-corrected chi connectivity index (χ2v) is 7.03. The number of aryl methyl sites for hydroxylation is 1. The molecule has 0 fully saturated rings. The maximum Gasteiger partial charge on any atom is 0.146 e. The first-order valence-corrected chi connectivity index (χ1v) is 7.44. The summed E-state index contributed by atoms with van der Waals surface area (Å²) in [4.78, 5) is 4.69. The fourth-order valence-electron chi connectivity index (χ4n) is 2.29. The molecular formula is C16H23ClN2O. The molecule has 0 N–H and O–H groups in total. The van der Waals surface area contributed by atoms with E-state index in [0.717, 1.165) is 35.6 Å². The maximum absolute atomic E-state index is 6.30. The molecule has 2 rings (SSSR count). The number of para-hydroxylation sites is 1. The molecule has 2 aromatic rings. The number of imidazole rings is 1. The lowest BCUT2D eigenvalue weighted by Crippen LogP contribution is -2.12.